The number of carbonyl (C=O) groups excluding carboxylic acids is 1. The number of anilines is 1. The molecule has 0 aliphatic rings. The Morgan fingerprint density at radius 3 is 2.64 bits per heavy atom. The van der Waals surface area contributed by atoms with Crippen molar-refractivity contribution in [2.45, 2.75) is 13.8 Å². The van der Waals surface area contributed by atoms with Crippen molar-refractivity contribution in [3.8, 4) is 0 Å². The van der Waals surface area contributed by atoms with E-state index in [1.807, 2.05) is 13.8 Å². The normalized spacial score (nSPS) is 10.7. The molecule has 8 nitrogen and oxygen atoms in total. The van der Waals surface area contributed by atoms with Crippen LogP contribution in [0.25, 0.3) is 5.65 Å². The smallest absolute Gasteiger partial charge is 0.358 e. The number of amides is 1. The van der Waals surface area contributed by atoms with E-state index in [2.05, 4.69) is 4.98 Å². The molecule has 0 spiro atoms. The first-order chi connectivity index (χ1) is 10.5. The molecule has 0 saturated heterocycles. The van der Waals surface area contributed by atoms with Crippen LogP contribution in [0.3, 0.4) is 0 Å². The highest BCUT2D eigenvalue weighted by molar-refractivity contribution is 5.82. The van der Waals surface area contributed by atoms with E-state index >= 15 is 0 Å². The Hall–Kier alpha value is -2.64. The summed E-state index contributed by atoms with van der Waals surface area (Å²) < 4.78 is 1.41. The minimum atomic E-state index is -0.478. The number of imidazole rings is 1. The number of fused-ring (bicyclic) bond motifs is 1. The molecule has 0 aromatic carbocycles. The minimum absolute atomic E-state index is 0.0480. The van der Waals surface area contributed by atoms with E-state index in [4.69, 9.17) is 0 Å². The van der Waals surface area contributed by atoms with Gasteiger partial charge in [0.2, 0.25) is 17.4 Å². The summed E-state index contributed by atoms with van der Waals surface area (Å²) in [7, 11) is 1.64. The SMILES string of the molecule is CCN(CC)C(=O)CN(C)c1nc2ccccn2c1[N+](=O)[O-]. The molecule has 8 heteroatoms. The lowest BCUT2D eigenvalue weighted by atomic mass is 10.4. The lowest BCUT2D eigenvalue weighted by Gasteiger charge is -2.22. The third-order valence-corrected chi connectivity index (χ3v) is 3.51. The molecule has 1 amide bonds. The summed E-state index contributed by atoms with van der Waals surface area (Å²) in [4.78, 5) is 30.5. The van der Waals surface area contributed by atoms with Gasteiger partial charge in [-0.15, -0.1) is 0 Å². The molecule has 0 fully saturated rings. The summed E-state index contributed by atoms with van der Waals surface area (Å²) in [5.41, 5.74) is 0.478. The third-order valence-electron chi connectivity index (χ3n) is 3.51. The fourth-order valence-corrected chi connectivity index (χ4v) is 2.35. The van der Waals surface area contributed by atoms with E-state index < -0.39 is 4.92 Å². The fourth-order valence-electron chi connectivity index (χ4n) is 2.35. The van der Waals surface area contributed by atoms with Gasteiger partial charge in [0.1, 0.15) is 0 Å². The van der Waals surface area contributed by atoms with Gasteiger partial charge in [0.25, 0.3) is 0 Å². The summed E-state index contributed by atoms with van der Waals surface area (Å²) >= 11 is 0. The van der Waals surface area contributed by atoms with Crippen LogP contribution in [-0.4, -0.2) is 51.8 Å². The van der Waals surface area contributed by atoms with Gasteiger partial charge in [0.05, 0.1) is 12.7 Å². The van der Waals surface area contributed by atoms with E-state index in [1.165, 1.54) is 9.30 Å². The average molecular weight is 305 g/mol. The predicted octanol–water partition coefficient (Wildman–Crippen LogP) is 1.55. The second-order valence-corrected chi connectivity index (χ2v) is 4.87. The van der Waals surface area contributed by atoms with Crippen LogP contribution in [0.1, 0.15) is 13.8 Å². The number of nitrogens with zero attached hydrogens (tertiary/aromatic N) is 5. The van der Waals surface area contributed by atoms with Gasteiger partial charge in [-0.2, -0.15) is 9.38 Å². The molecular weight excluding hydrogens is 286 g/mol. The zero-order valence-electron chi connectivity index (χ0n) is 12.9. The van der Waals surface area contributed by atoms with Crippen molar-refractivity contribution >= 4 is 23.2 Å². The highest BCUT2D eigenvalue weighted by Gasteiger charge is 2.26. The Morgan fingerprint density at radius 1 is 1.36 bits per heavy atom. The maximum Gasteiger partial charge on any atom is 0.372 e. The maximum absolute atomic E-state index is 12.2. The molecule has 0 atom stereocenters. The summed E-state index contributed by atoms with van der Waals surface area (Å²) in [5.74, 6) is -0.0268. The van der Waals surface area contributed by atoms with Crippen molar-refractivity contribution in [1.82, 2.24) is 14.3 Å². The number of likely N-dealkylation sites (N-methyl/N-ethyl adjacent to an activating group) is 2. The standard InChI is InChI=1S/C14H19N5O3/c1-4-17(5-2)12(20)10-16(3)13-14(19(21)22)18-9-7-6-8-11(18)15-13/h6-9H,4-5,10H2,1-3H3. The molecule has 0 radical (unpaired) electrons. The molecule has 2 heterocycles. The highest BCUT2D eigenvalue weighted by Crippen LogP contribution is 2.27. The van der Waals surface area contributed by atoms with E-state index in [1.54, 1.807) is 36.3 Å². The molecule has 0 bridgehead atoms. The van der Waals surface area contributed by atoms with Crippen LogP contribution in [0, 0.1) is 10.1 Å². The molecule has 2 aromatic heterocycles. The van der Waals surface area contributed by atoms with Crippen molar-refractivity contribution in [2.24, 2.45) is 0 Å². The lowest BCUT2D eigenvalue weighted by Crippen LogP contribution is -2.39. The van der Waals surface area contributed by atoms with E-state index in [-0.39, 0.29) is 24.1 Å². The summed E-state index contributed by atoms with van der Waals surface area (Å²) in [6, 6.07) is 5.15. The maximum atomic E-state index is 12.2. The molecule has 118 valence electrons. The van der Waals surface area contributed by atoms with Crippen molar-refractivity contribution in [1.29, 1.82) is 0 Å². The molecule has 0 aliphatic carbocycles. The Balaban J connectivity index is 2.35. The first kappa shape index (κ1) is 15.7. The Morgan fingerprint density at radius 2 is 2.05 bits per heavy atom. The average Bonchev–Trinajstić information content (AvgIpc) is 2.88. The zero-order chi connectivity index (χ0) is 16.3. The molecular formula is C14H19N5O3. The number of pyridine rings is 1. The van der Waals surface area contributed by atoms with Gasteiger partial charge in [0, 0.05) is 26.2 Å². The van der Waals surface area contributed by atoms with Gasteiger partial charge in [0.15, 0.2) is 0 Å². The molecule has 2 aromatic rings. The molecule has 0 saturated carbocycles. The van der Waals surface area contributed by atoms with Crippen molar-refractivity contribution in [2.75, 3.05) is 31.6 Å². The second kappa shape index (κ2) is 6.42. The third kappa shape index (κ3) is 2.85. The van der Waals surface area contributed by atoms with Crippen LogP contribution in [-0.2, 0) is 4.79 Å². The van der Waals surface area contributed by atoms with Gasteiger partial charge >= 0.3 is 5.82 Å². The summed E-state index contributed by atoms with van der Waals surface area (Å²) in [6.07, 6.45) is 1.59. The molecule has 0 aliphatic heterocycles. The van der Waals surface area contributed by atoms with Gasteiger partial charge in [-0.1, -0.05) is 6.07 Å². The van der Waals surface area contributed by atoms with Gasteiger partial charge in [-0.25, -0.2) is 0 Å². The monoisotopic (exact) mass is 305 g/mol. The van der Waals surface area contributed by atoms with Gasteiger partial charge in [-0.05, 0) is 24.8 Å². The van der Waals surface area contributed by atoms with Crippen molar-refractivity contribution in [3.05, 3.63) is 34.5 Å². The van der Waals surface area contributed by atoms with Gasteiger partial charge < -0.3 is 19.9 Å². The topological polar surface area (TPSA) is 84.0 Å². The summed E-state index contributed by atoms with van der Waals surface area (Å²) in [6.45, 7) is 5.06. The largest absolute Gasteiger partial charge is 0.372 e. The van der Waals surface area contributed by atoms with Crippen LogP contribution >= 0.6 is 0 Å². The number of hydrogen-bond donors (Lipinski definition) is 0. The number of rotatable bonds is 6. The van der Waals surface area contributed by atoms with E-state index in [0.717, 1.165) is 0 Å². The zero-order valence-corrected chi connectivity index (χ0v) is 12.9. The van der Waals surface area contributed by atoms with Gasteiger partial charge in [-0.3, -0.25) is 4.79 Å². The Bertz CT molecular complexity index is 693. The first-order valence-electron chi connectivity index (χ1n) is 7.10. The second-order valence-electron chi connectivity index (χ2n) is 4.87. The number of nitro groups is 1. The van der Waals surface area contributed by atoms with Crippen LogP contribution < -0.4 is 4.90 Å². The highest BCUT2D eigenvalue weighted by atomic mass is 16.6. The Labute approximate surface area is 128 Å². The lowest BCUT2D eigenvalue weighted by molar-refractivity contribution is -0.389. The molecule has 0 unspecified atom stereocenters. The quantitative estimate of drug-likeness (QED) is 0.597. The molecule has 2 rings (SSSR count). The van der Waals surface area contributed by atoms with Crippen molar-refractivity contribution in [3.63, 3.8) is 0 Å². The molecule has 0 N–H and O–H groups in total. The number of aromatic nitrogens is 2. The van der Waals surface area contributed by atoms with Crippen LogP contribution in [0.2, 0.25) is 0 Å². The number of carbonyl (C=O) groups is 1. The fraction of sp³-hybridized carbons (Fsp3) is 0.429. The number of hydrogen-bond acceptors (Lipinski definition) is 5. The summed E-state index contributed by atoms with van der Waals surface area (Å²) in [5, 5.41) is 11.4. The predicted molar refractivity (Wildman–Crippen MR) is 83.0 cm³/mol. The Kier molecular flexibility index (Phi) is 4.59. The van der Waals surface area contributed by atoms with E-state index in [9.17, 15) is 14.9 Å². The van der Waals surface area contributed by atoms with Crippen LogP contribution in [0.5, 0.6) is 0 Å². The van der Waals surface area contributed by atoms with Crippen molar-refractivity contribution < 1.29 is 9.72 Å². The van der Waals surface area contributed by atoms with E-state index in [0.29, 0.717) is 18.7 Å². The first-order valence-corrected chi connectivity index (χ1v) is 7.10. The van der Waals surface area contributed by atoms with Crippen LogP contribution in [0.4, 0.5) is 11.6 Å². The molecule has 22 heavy (non-hydrogen) atoms. The van der Waals surface area contributed by atoms with Crippen LogP contribution in [0.15, 0.2) is 24.4 Å². The minimum Gasteiger partial charge on any atom is -0.358 e.